The van der Waals surface area contributed by atoms with Crippen molar-refractivity contribution in [1.82, 2.24) is 15.1 Å². The molecule has 2 aromatic rings. The van der Waals surface area contributed by atoms with Crippen molar-refractivity contribution in [2.24, 2.45) is 4.99 Å². The SMILES string of the molecule is COc1ccc(CN=C(NCC(=O)N(C)C)N2CCN(c3ccccc3)CC2)cc1. The number of amides is 1. The molecular weight excluding hydrogens is 378 g/mol. The fourth-order valence-electron chi connectivity index (χ4n) is 3.29. The topological polar surface area (TPSA) is 60.4 Å². The number of ether oxygens (including phenoxy) is 1. The van der Waals surface area contributed by atoms with E-state index in [1.165, 1.54) is 5.69 Å². The predicted molar refractivity (Wildman–Crippen MR) is 121 cm³/mol. The molecule has 0 spiro atoms. The quantitative estimate of drug-likeness (QED) is 0.585. The summed E-state index contributed by atoms with van der Waals surface area (Å²) >= 11 is 0. The Hall–Kier alpha value is -3.22. The lowest BCUT2D eigenvalue weighted by Crippen LogP contribution is -2.53. The summed E-state index contributed by atoms with van der Waals surface area (Å²) in [7, 11) is 5.18. The average molecular weight is 410 g/mol. The molecule has 0 bridgehead atoms. The number of carbonyl (C=O) groups excluding carboxylic acids is 1. The summed E-state index contributed by atoms with van der Waals surface area (Å²) in [5.41, 5.74) is 2.33. The van der Waals surface area contributed by atoms with E-state index in [0.29, 0.717) is 6.54 Å². The fraction of sp³-hybridized carbons (Fsp3) is 0.391. The number of carbonyl (C=O) groups is 1. The van der Waals surface area contributed by atoms with Crippen LogP contribution in [0.15, 0.2) is 59.6 Å². The zero-order chi connectivity index (χ0) is 21.3. The first kappa shape index (κ1) is 21.5. The second kappa shape index (κ2) is 10.5. The highest BCUT2D eigenvalue weighted by atomic mass is 16.5. The van der Waals surface area contributed by atoms with Crippen LogP contribution >= 0.6 is 0 Å². The van der Waals surface area contributed by atoms with Gasteiger partial charge in [-0.25, -0.2) is 4.99 Å². The monoisotopic (exact) mass is 409 g/mol. The molecule has 3 rings (SSSR count). The molecular formula is C23H31N5O2. The highest BCUT2D eigenvalue weighted by molar-refractivity contribution is 5.86. The Kier molecular flexibility index (Phi) is 7.54. The lowest BCUT2D eigenvalue weighted by atomic mass is 10.2. The van der Waals surface area contributed by atoms with E-state index in [-0.39, 0.29) is 12.5 Å². The molecule has 0 aromatic heterocycles. The zero-order valence-corrected chi connectivity index (χ0v) is 18.0. The number of rotatable bonds is 6. The van der Waals surface area contributed by atoms with Crippen molar-refractivity contribution >= 4 is 17.6 Å². The Labute approximate surface area is 178 Å². The molecule has 0 unspecified atom stereocenters. The second-order valence-corrected chi connectivity index (χ2v) is 7.44. The van der Waals surface area contributed by atoms with Crippen molar-refractivity contribution in [2.45, 2.75) is 6.54 Å². The number of likely N-dealkylation sites (N-methyl/N-ethyl adjacent to an activating group) is 1. The average Bonchev–Trinajstić information content (AvgIpc) is 2.80. The number of anilines is 1. The normalized spacial score (nSPS) is 14.4. The van der Waals surface area contributed by atoms with E-state index < -0.39 is 0 Å². The number of hydrogen-bond acceptors (Lipinski definition) is 4. The molecule has 1 amide bonds. The first-order valence-electron chi connectivity index (χ1n) is 10.2. The van der Waals surface area contributed by atoms with E-state index in [0.717, 1.165) is 43.5 Å². The lowest BCUT2D eigenvalue weighted by Gasteiger charge is -2.37. The Morgan fingerprint density at radius 3 is 2.30 bits per heavy atom. The van der Waals surface area contributed by atoms with Crippen LogP contribution < -0.4 is 15.0 Å². The van der Waals surface area contributed by atoms with Crippen LogP contribution in [0.4, 0.5) is 5.69 Å². The van der Waals surface area contributed by atoms with Gasteiger partial charge in [0.05, 0.1) is 20.2 Å². The minimum atomic E-state index is 0.0232. The third-order valence-corrected chi connectivity index (χ3v) is 5.17. The molecule has 1 N–H and O–H groups in total. The van der Waals surface area contributed by atoms with Crippen LogP contribution in [-0.2, 0) is 11.3 Å². The van der Waals surface area contributed by atoms with Crippen LogP contribution in [0, 0.1) is 0 Å². The number of aliphatic imine (C=N–C) groups is 1. The number of nitrogens with zero attached hydrogens (tertiary/aromatic N) is 4. The van der Waals surface area contributed by atoms with E-state index in [1.807, 2.05) is 30.3 Å². The number of nitrogens with one attached hydrogen (secondary N) is 1. The van der Waals surface area contributed by atoms with Gasteiger partial charge in [0, 0.05) is 46.0 Å². The van der Waals surface area contributed by atoms with Crippen molar-refractivity contribution in [2.75, 3.05) is 58.8 Å². The molecule has 1 heterocycles. The molecule has 1 aliphatic rings. The maximum atomic E-state index is 12.1. The van der Waals surface area contributed by atoms with Crippen LogP contribution in [0.3, 0.4) is 0 Å². The van der Waals surface area contributed by atoms with Gasteiger partial charge in [0.2, 0.25) is 5.91 Å². The van der Waals surface area contributed by atoms with Crippen molar-refractivity contribution in [3.63, 3.8) is 0 Å². The molecule has 1 aliphatic heterocycles. The van der Waals surface area contributed by atoms with E-state index in [2.05, 4.69) is 39.4 Å². The minimum Gasteiger partial charge on any atom is -0.497 e. The summed E-state index contributed by atoms with van der Waals surface area (Å²) in [5, 5.41) is 3.26. The Balaban J connectivity index is 1.66. The van der Waals surface area contributed by atoms with Gasteiger partial charge in [-0.2, -0.15) is 0 Å². The molecule has 1 saturated heterocycles. The maximum absolute atomic E-state index is 12.1. The molecule has 0 aliphatic carbocycles. The minimum absolute atomic E-state index is 0.0232. The lowest BCUT2D eigenvalue weighted by molar-refractivity contribution is -0.127. The van der Waals surface area contributed by atoms with Gasteiger partial charge in [-0.3, -0.25) is 4.79 Å². The van der Waals surface area contributed by atoms with Crippen LogP contribution in [-0.4, -0.2) is 75.6 Å². The molecule has 0 saturated carbocycles. The van der Waals surface area contributed by atoms with E-state index in [9.17, 15) is 4.79 Å². The van der Waals surface area contributed by atoms with Gasteiger partial charge in [0.1, 0.15) is 5.75 Å². The third kappa shape index (κ3) is 5.89. The van der Waals surface area contributed by atoms with E-state index >= 15 is 0 Å². The van der Waals surface area contributed by atoms with Gasteiger partial charge in [-0.05, 0) is 29.8 Å². The summed E-state index contributed by atoms with van der Waals surface area (Å²) < 4.78 is 5.22. The smallest absolute Gasteiger partial charge is 0.241 e. The highest BCUT2D eigenvalue weighted by Gasteiger charge is 2.20. The maximum Gasteiger partial charge on any atom is 0.241 e. The summed E-state index contributed by atoms with van der Waals surface area (Å²) in [6.45, 7) is 4.29. The van der Waals surface area contributed by atoms with E-state index in [1.54, 1.807) is 26.1 Å². The summed E-state index contributed by atoms with van der Waals surface area (Å²) in [5.74, 6) is 1.62. The number of methoxy groups -OCH3 is 1. The van der Waals surface area contributed by atoms with Crippen LogP contribution in [0.2, 0.25) is 0 Å². The Morgan fingerprint density at radius 2 is 1.70 bits per heavy atom. The van der Waals surface area contributed by atoms with Gasteiger partial charge in [0.25, 0.3) is 0 Å². The molecule has 1 fully saturated rings. The predicted octanol–water partition coefficient (Wildman–Crippen LogP) is 2.05. The van der Waals surface area contributed by atoms with Gasteiger partial charge >= 0.3 is 0 Å². The number of piperazine rings is 1. The van der Waals surface area contributed by atoms with Crippen LogP contribution in [0.1, 0.15) is 5.56 Å². The fourth-order valence-corrected chi connectivity index (χ4v) is 3.29. The molecule has 7 heteroatoms. The summed E-state index contributed by atoms with van der Waals surface area (Å²) in [4.78, 5) is 23.1. The van der Waals surface area contributed by atoms with Crippen LogP contribution in [0.5, 0.6) is 5.75 Å². The number of para-hydroxylation sites is 1. The molecule has 30 heavy (non-hydrogen) atoms. The molecule has 160 valence electrons. The van der Waals surface area contributed by atoms with Gasteiger partial charge in [-0.1, -0.05) is 30.3 Å². The molecule has 0 radical (unpaired) electrons. The standard InChI is InChI=1S/C23H31N5O2/c1-26(2)22(29)18-25-23(24-17-19-9-11-21(30-3)12-10-19)28-15-13-27(14-16-28)20-7-5-4-6-8-20/h4-12H,13-18H2,1-3H3,(H,24,25). The van der Waals surface area contributed by atoms with E-state index in [4.69, 9.17) is 9.73 Å². The van der Waals surface area contributed by atoms with Gasteiger partial charge in [0.15, 0.2) is 5.96 Å². The van der Waals surface area contributed by atoms with Crippen molar-refractivity contribution in [3.8, 4) is 5.75 Å². The molecule has 7 nitrogen and oxygen atoms in total. The first-order valence-corrected chi connectivity index (χ1v) is 10.2. The first-order chi connectivity index (χ1) is 14.6. The van der Waals surface area contributed by atoms with Crippen LogP contribution in [0.25, 0.3) is 0 Å². The van der Waals surface area contributed by atoms with Crippen molar-refractivity contribution < 1.29 is 9.53 Å². The van der Waals surface area contributed by atoms with Gasteiger partial charge < -0.3 is 24.8 Å². The number of guanidine groups is 1. The number of benzene rings is 2. The second-order valence-electron chi connectivity index (χ2n) is 7.44. The van der Waals surface area contributed by atoms with Gasteiger partial charge in [-0.15, -0.1) is 0 Å². The van der Waals surface area contributed by atoms with Crippen molar-refractivity contribution in [3.05, 3.63) is 60.2 Å². The summed E-state index contributed by atoms with van der Waals surface area (Å²) in [6, 6.07) is 18.4. The van der Waals surface area contributed by atoms with Crippen molar-refractivity contribution in [1.29, 1.82) is 0 Å². The summed E-state index contributed by atoms with van der Waals surface area (Å²) in [6.07, 6.45) is 0. The third-order valence-electron chi connectivity index (χ3n) is 5.17. The molecule has 2 aromatic carbocycles. The number of hydrogen-bond donors (Lipinski definition) is 1. The highest BCUT2D eigenvalue weighted by Crippen LogP contribution is 2.16. The molecule has 0 atom stereocenters. The largest absolute Gasteiger partial charge is 0.497 e. The Bertz CT molecular complexity index is 828. The zero-order valence-electron chi connectivity index (χ0n) is 18.0. The Morgan fingerprint density at radius 1 is 1.03 bits per heavy atom.